The molecule has 0 heterocycles. The lowest BCUT2D eigenvalue weighted by atomic mass is 10.3. The van der Waals surface area contributed by atoms with E-state index in [4.69, 9.17) is 10.2 Å². The highest BCUT2D eigenvalue weighted by Crippen LogP contribution is 1.95. The zero-order valence-electron chi connectivity index (χ0n) is 11.7. The van der Waals surface area contributed by atoms with Gasteiger partial charge in [0.15, 0.2) is 0 Å². The van der Waals surface area contributed by atoms with Crippen molar-refractivity contribution in [2.45, 2.75) is 13.8 Å². The molecule has 8 heteroatoms. The van der Waals surface area contributed by atoms with Crippen molar-refractivity contribution < 1.29 is 29.4 Å². The monoisotopic (exact) mass is 288 g/mol. The van der Waals surface area contributed by atoms with Crippen molar-refractivity contribution in [1.82, 2.24) is 9.80 Å². The first-order valence-electron chi connectivity index (χ1n) is 6.08. The zero-order valence-corrected chi connectivity index (χ0v) is 11.7. The molecule has 0 atom stereocenters. The maximum Gasteiger partial charge on any atom is 0.317 e. The topological polar surface area (TPSA) is 115 Å². The lowest BCUT2D eigenvalue weighted by molar-refractivity contribution is -0.141. The van der Waals surface area contributed by atoms with Crippen LogP contribution < -0.4 is 0 Å². The third-order valence-corrected chi connectivity index (χ3v) is 2.34. The van der Waals surface area contributed by atoms with Gasteiger partial charge in [-0.3, -0.25) is 29.0 Å². The fourth-order valence-corrected chi connectivity index (χ4v) is 1.72. The number of nitrogens with zero attached hydrogens (tertiary/aromatic N) is 2. The molecule has 0 fully saturated rings. The molecule has 0 spiro atoms. The lowest BCUT2D eigenvalue weighted by Gasteiger charge is -2.24. The third kappa shape index (κ3) is 10.2. The van der Waals surface area contributed by atoms with Crippen molar-refractivity contribution in [2.75, 3.05) is 39.3 Å². The average Bonchev–Trinajstić information content (AvgIpc) is 2.22. The Balaban J connectivity index is 4.49. The molecule has 8 nitrogen and oxygen atoms in total. The fraction of sp³-hybridized carbons (Fsp3) is 0.667. The molecular formula is C12H20N2O6. The van der Waals surface area contributed by atoms with Gasteiger partial charge in [-0.2, -0.15) is 0 Å². The van der Waals surface area contributed by atoms with Gasteiger partial charge in [0.2, 0.25) is 0 Å². The fourth-order valence-electron chi connectivity index (χ4n) is 1.72. The molecule has 2 N–H and O–H groups in total. The van der Waals surface area contributed by atoms with Gasteiger partial charge < -0.3 is 10.2 Å². The molecule has 0 rings (SSSR count). The van der Waals surface area contributed by atoms with Crippen molar-refractivity contribution in [3.8, 4) is 0 Å². The molecule has 0 saturated heterocycles. The highest BCUT2D eigenvalue weighted by atomic mass is 16.4. The maximum absolute atomic E-state index is 11.0. The average molecular weight is 288 g/mol. The Morgan fingerprint density at radius 1 is 0.700 bits per heavy atom. The summed E-state index contributed by atoms with van der Waals surface area (Å²) in [7, 11) is 0. The first kappa shape index (κ1) is 18.2. The Kier molecular flexibility index (Phi) is 8.33. The quantitative estimate of drug-likeness (QED) is 0.494. The van der Waals surface area contributed by atoms with Crippen molar-refractivity contribution >= 4 is 23.5 Å². The number of Topliss-reactive ketones (excluding diaryl/α,β-unsaturated/α-hetero) is 2. The van der Waals surface area contributed by atoms with Gasteiger partial charge in [0.25, 0.3) is 0 Å². The summed E-state index contributed by atoms with van der Waals surface area (Å²) in [5.41, 5.74) is 0. The Labute approximate surface area is 117 Å². The minimum atomic E-state index is -1.07. The van der Waals surface area contributed by atoms with Crippen LogP contribution in [0.25, 0.3) is 0 Å². The molecule has 0 aromatic heterocycles. The van der Waals surface area contributed by atoms with Gasteiger partial charge in [-0.25, -0.2) is 0 Å². The van der Waals surface area contributed by atoms with Crippen molar-refractivity contribution in [3.05, 3.63) is 0 Å². The summed E-state index contributed by atoms with van der Waals surface area (Å²) in [5, 5.41) is 17.5. The Morgan fingerprint density at radius 2 is 1.00 bits per heavy atom. The minimum absolute atomic E-state index is 0.0206. The van der Waals surface area contributed by atoms with Crippen molar-refractivity contribution in [3.63, 3.8) is 0 Å². The molecule has 0 amide bonds. The first-order valence-corrected chi connectivity index (χ1v) is 6.08. The van der Waals surface area contributed by atoms with Crippen molar-refractivity contribution in [2.24, 2.45) is 0 Å². The Hall–Kier alpha value is -1.80. The number of ketones is 2. The van der Waals surface area contributed by atoms with E-state index in [-0.39, 0.29) is 50.8 Å². The Morgan fingerprint density at radius 3 is 1.20 bits per heavy atom. The molecule has 0 bridgehead atoms. The van der Waals surface area contributed by atoms with Crippen LogP contribution in [0.15, 0.2) is 0 Å². The molecule has 0 aliphatic carbocycles. The molecule has 0 radical (unpaired) electrons. The van der Waals surface area contributed by atoms with E-state index >= 15 is 0 Å². The molecular weight excluding hydrogens is 268 g/mol. The van der Waals surface area contributed by atoms with Crippen LogP contribution in [0.2, 0.25) is 0 Å². The van der Waals surface area contributed by atoms with Crippen LogP contribution in [-0.2, 0) is 19.2 Å². The van der Waals surface area contributed by atoms with Crippen LogP contribution in [0, 0.1) is 0 Å². The van der Waals surface area contributed by atoms with Gasteiger partial charge in [0.1, 0.15) is 11.6 Å². The maximum atomic E-state index is 11.0. The Bertz CT molecular complexity index is 314. The lowest BCUT2D eigenvalue weighted by Crippen LogP contribution is -2.42. The highest BCUT2D eigenvalue weighted by molar-refractivity contribution is 5.79. The van der Waals surface area contributed by atoms with Crippen LogP contribution in [0.1, 0.15) is 13.8 Å². The first-order chi connectivity index (χ1) is 9.20. The smallest absolute Gasteiger partial charge is 0.317 e. The molecule has 0 saturated carbocycles. The second-order valence-corrected chi connectivity index (χ2v) is 4.61. The molecule has 0 aromatic rings. The predicted octanol–water partition coefficient (Wildman–Crippen LogP) is -1.06. The summed E-state index contributed by atoms with van der Waals surface area (Å²) in [5.74, 6) is -2.49. The highest BCUT2D eigenvalue weighted by Gasteiger charge is 2.16. The number of hydrogen-bond donors (Lipinski definition) is 2. The van der Waals surface area contributed by atoms with E-state index in [0.717, 1.165) is 0 Å². The van der Waals surface area contributed by atoms with E-state index in [2.05, 4.69) is 0 Å². The minimum Gasteiger partial charge on any atom is -0.480 e. The van der Waals surface area contributed by atoms with Gasteiger partial charge in [-0.05, 0) is 13.8 Å². The zero-order chi connectivity index (χ0) is 15.7. The molecule has 0 aliphatic heterocycles. The SMILES string of the molecule is CC(=O)CN(CCN(CC(C)=O)CC(=O)O)CC(=O)O. The second kappa shape index (κ2) is 9.16. The van der Waals surface area contributed by atoms with Crippen molar-refractivity contribution in [1.29, 1.82) is 0 Å². The standard InChI is InChI=1S/C12H20N2O6/c1-9(15)5-13(7-11(17)18)3-4-14(6-10(2)16)8-12(19)20/h3-8H2,1-2H3,(H,17,18)(H,19,20). The number of rotatable bonds is 11. The molecule has 20 heavy (non-hydrogen) atoms. The largest absolute Gasteiger partial charge is 0.480 e. The van der Waals surface area contributed by atoms with Gasteiger partial charge in [0.05, 0.1) is 26.2 Å². The normalized spacial score (nSPS) is 10.8. The molecule has 0 aliphatic rings. The number of hydrogen-bond acceptors (Lipinski definition) is 6. The number of carbonyl (C=O) groups excluding carboxylic acids is 2. The van der Waals surface area contributed by atoms with Crippen LogP contribution >= 0.6 is 0 Å². The molecule has 114 valence electrons. The van der Waals surface area contributed by atoms with E-state index in [1.54, 1.807) is 0 Å². The number of aliphatic carboxylic acids is 2. The molecule has 0 unspecified atom stereocenters. The summed E-state index contributed by atoms with van der Waals surface area (Å²) < 4.78 is 0. The van der Waals surface area contributed by atoms with Crippen LogP contribution in [0.4, 0.5) is 0 Å². The van der Waals surface area contributed by atoms with E-state index in [0.29, 0.717) is 0 Å². The summed E-state index contributed by atoms with van der Waals surface area (Å²) in [4.78, 5) is 46.2. The summed E-state index contributed by atoms with van der Waals surface area (Å²) in [6.07, 6.45) is 0. The van der Waals surface area contributed by atoms with Crippen LogP contribution in [-0.4, -0.2) is 82.8 Å². The summed E-state index contributed by atoms with van der Waals surface area (Å²) >= 11 is 0. The summed E-state index contributed by atoms with van der Waals surface area (Å²) in [6.45, 7) is 2.44. The number of carboxylic acids is 2. The van der Waals surface area contributed by atoms with Gasteiger partial charge in [-0.1, -0.05) is 0 Å². The van der Waals surface area contributed by atoms with Gasteiger partial charge in [-0.15, -0.1) is 0 Å². The predicted molar refractivity (Wildman–Crippen MR) is 69.5 cm³/mol. The summed E-state index contributed by atoms with van der Waals surface area (Å²) in [6, 6.07) is 0. The van der Waals surface area contributed by atoms with E-state index in [1.165, 1.54) is 23.6 Å². The third-order valence-electron chi connectivity index (χ3n) is 2.34. The van der Waals surface area contributed by atoms with E-state index < -0.39 is 11.9 Å². The number of carboxylic acid groups (broad SMARTS) is 2. The van der Waals surface area contributed by atoms with Gasteiger partial charge >= 0.3 is 11.9 Å². The number of carbonyl (C=O) groups is 4. The van der Waals surface area contributed by atoms with Crippen LogP contribution in [0.3, 0.4) is 0 Å². The van der Waals surface area contributed by atoms with Gasteiger partial charge in [0, 0.05) is 13.1 Å². The second-order valence-electron chi connectivity index (χ2n) is 4.61. The molecule has 0 aromatic carbocycles. The van der Waals surface area contributed by atoms with E-state index in [9.17, 15) is 19.2 Å². The van der Waals surface area contributed by atoms with Crippen LogP contribution in [0.5, 0.6) is 0 Å². The van der Waals surface area contributed by atoms with E-state index in [1.807, 2.05) is 0 Å².